The second kappa shape index (κ2) is 10.5. The number of hydrogen-bond donors (Lipinski definition) is 0. The molecule has 0 heterocycles. The molecule has 0 N–H and O–H groups in total. The van der Waals surface area contributed by atoms with Gasteiger partial charge in [-0.25, -0.2) is 4.79 Å². The highest BCUT2D eigenvalue weighted by Crippen LogP contribution is 2.27. The minimum Gasteiger partial charge on any atom is -0.492 e. The molecule has 0 bridgehead atoms. The number of benzene rings is 2. The lowest BCUT2D eigenvalue weighted by atomic mass is 10.3. The molecule has 8 heteroatoms. The molecule has 0 fully saturated rings. The SMILES string of the molecule is O=C(CCCOc1ccc(Cl)cc1Cl)OCOC(=O)Oc1ccccc1. The Morgan fingerprint density at radius 2 is 1.73 bits per heavy atom. The molecule has 0 saturated carbocycles. The van der Waals surface area contributed by atoms with E-state index < -0.39 is 18.9 Å². The van der Waals surface area contributed by atoms with E-state index in [-0.39, 0.29) is 13.0 Å². The van der Waals surface area contributed by atoms with Crippen LogP contribution in [0.4, 0.5) is 4.79 Å². The van der Waals surface area contributed by atoms with Crippen LogP contribution in [0.2, 0.25) is 10.0 Å². The van der Waals surface area contributed by atoms with Crippen molar-refractivity contribution in [3.63, 3.8) is 0 Å². The number of para-hydroxylation sites is 1. The van der Waals surface area contributed by atoms with Gasteiger partial charge in [-0.05, 0) is 36.8 Å². The molecule has 6 nitrogen and oxygen atoms in total. The highest BCUT2D eigenvalue weighted by Gasteiger charge is 2.09. The van der Waals surface area contributed by atoms with E-state index in [2.05, 4.69) is 4.74 Å². The largest absolute Gasteiger partial charge is 0.516 e. The topological polar surface area (TPSA) is 71.1 Å². The van der Waals surface area contributed by atoms with E-state index in [0.29, 0.717) is 28.0 Å². The van der Waals surface area contributed by atoms with Gasteiger partial charge in [0, 0.05) is 11.4 Å². The molecule has 138 valence electrons. The minimum absolute atomic E-state index is 0.0995. The van der Waals surface area contributed by atoms with Crippen molar-refractivity contribution in [3.8, 4) is 11.5 Å². The zero-order valence-electron chi connectivity index (χ0n) is 13.7. The summed E-state index contributed by atoms with van der Waals surface area (Å²) in [5.74, 6) is 0.293. The third kappa shape index (κ3) is 7.21. The number of ether oxygens (including phenoxy) is 4. The molecular weight excluding hydrogens is 383 g/mol. The van der Waals surface area contributed by atoms with E-state index in [1.807, 2.05) is 0 Å². The van der Waals surface area contributed by atoms with Gasteiger partial charge in [-0.2, -0.15) is 0 Å². The van der Waals surface area contributed by atoms with Crippen LogP contribution >= 0.6 is 23.2 Å². The van der Waals surface area contributed by atoms with Gasteiger partial charge in [0.25, 0.3) is 0 Å². The van der Waals surface area contributed by atoms with Crippen LogP contribution in [0.3, 0.4) is 0 Å². The van der Waals surface area contributed by atoms with Crippen molar-refractivity contribution in [2.24, 2.45) is 0 Å². The Bertz CT molecular complexity index is 736. The average Bonchev–Trinajstić information content (AvgIpc) is 2.61. The van der Waals surface area contributed by atoms with E-state index in [4.69, 9.17) is 37.4 Å². The summed E-state index contributed by atoms with van der Waals surface area (Å²) in [5.41, 5.74) is 0. The molecule has 0 amide bonds. The van der Waals surface area contributed by atoms with E-state index in [0.717, 1.165) is 0 Å². The van der Waals surface area contributed by atoms with Gasteiger partial charge < -0.3 is 18.9 Å². The number of carbonyl (C=O) groups is 2. The van der Waals surface area contributed by atoms with Gasteiger partial charge in [-0.1, -0.05) is 41.4 Å². The molecule has 0 spiro atoms. The van der Waals surface area contributed by atoms with E-state index in [1.54, 1.807) is 48.5 Å². The monoisotopic (exact) mass is 398 g/mol. The smallest absolute Gasteiger partial charge is 0.492 e. The van der Waals surface area contributed by atoms with Crippen LogP contribution in [0.1, 0.15) is 12.8 Å². The van der Waals surface area contributed by atoms with E-state index in [9.17, 15) is 9.59 Å². The molecule has 0 unspecified atom stereocenters. The Kier molecular flexibility index (Phi) is 8.05. The first kappa shape index (κ1) is 19.9. The first-order valence-electron chi connectivity index (χ1n) is 7.68. The van der Waals surface area contributed by atoms with Crippen molar-refractivity contribution in [1.82, 2.24) is 0 Å². The Morgan fingerprint density at radius 1 is 0.962 bits per heavy atom. The van der Waals surface area contributed by atoms with Gasteiger partial charge in [-0.15, -0.1) is 0 Å². The van der Waals surface area contributed by atoms with Crippen LogP contribution in [0.5, 0.6) is 11.5 Å². The lowest BCUT2D eigenvalue weighted by Crippen LogP contribution is -2.16. The lowest BCUT2D eigenvalue weighted by molar-refractivity contribution is -0.152. The van der Waals surface area contributed by atoms with Crippen LogP contribution in [-0.4, -0.2) is 25.5 Å². The third-order valence-electron chi connectivity index (χ3n) is 3.02. The number of carbonyl (C=O) groups excluding carboxylic acids is 2. The van der Waals surface area contributed by atoms with Gasteiger partial charge in [0.15, 0.2) is 0 Å². The quantitative estimate of drug-likeness (QED) is 0.273. The van der Waals surface area contributed by atoms with Gasteiger partial charge in [0.2, 0.25) is 6.79 Å². The standard InChI is InChI=1S/C18H16Cl2O6/c19-13-8-9-16(15(20)11-13)23-10-4-7-17(21)24-12-25-18(22)26-14-5-2-1-3-6-14/h1-3,5-6,8-9,11H,4,7,10,12H2. The molecule has 0 saturated heterocycles. The Morgan fingerprint density at radius 3 is 2.46 bits per heavy atom. The maximum Gasteiger partial charge on any atom is 0.516 e. The first-order chi connectivity index (χ1) is 12.5. The average molecular weight is 399 g/mol. The summed E-state index contributed by atoms with van der Waals surface area (Å²) in [7, 11) is 0. The van der Waals surface area contributed by atoms with Crippen LogP contribution < -0.4 is 9.47 Å². The van der Waals surface area contributed by atoms with Crippen LogP contribution in [0.15, 0.2) is 48.5 Å². The van der Waals surface area contributed by atoms with Gasteiger partial charge in [0.1, 0.15) is 11.5 Å². The number of rotatable bonds is 8. The van der Waals surface area contributed by atoms with Crippen molar-refractivity contribution in [2.45, 2.75) is 12.8 Å². The van der Waals surface area contributed by atoms with Crippen molar-refractivity contribution in [3.05, 3.63) is 58.6 Å². The summed E-state index contributed by atoms with van der Waals surface area (Å²) >= 11 is 11.8. The summed E-state index contributed by atoms with van der Waals surface area (Å²) in [6.45, 7) is -0.248. The third-order valence-corrected chi connectivity index (χ3v) is 3.55. The molecule has 0 aliphatic carbocycles. The van der Waals surface area contributed by atoms with E-state index in [1.165, 1.54) is 0 Å². The number of esters is 1. The molecule has 0 aromatic heterocycles. The summed E-state index contributed by atoms with van der Waals surface area (Å²) in [6, 6.07) is 13.3. The Hall–Kier alpha value is -2.44. The number of hydrogen-bond acceptors (Lipinski definition) is 6. The molecule has 0 atom stereocenters. The molecule has 2 aromatic carbocycles. The highest BCUT2D eigenvalue weighted by atomic mass is 35.5. The normalized spacial score (nSPS) is 10.1. The van der Waals surface area contributed by atoms with Crippen molar-refractivity contribution in [1.29, 1.82) is 0 Å². The number of halogens is 2. The zero-order chi connectivity index (χ0) is 18.8. The predicted octanol–water partition coefficient (Wildman–Crippen LogP) is 4.87. The molecule has 0 aliphatic rings. The fraction of sp³-hybridized carbons (Fsp3) is 0.222. The first-order valence-corrected chi connectivity index (χ1v) is 8.43. The predicted molar refractivity (Wildman–Crippen MR) is 95.7 cm³/mol. The molecule has 0 aliphatic heterocycles. The van der Waals surface area contributed by atoms with Gasteiger partial charge in [-0.3, -0.25) is 4.79 Å². The Labute approximate surface area is 160 Å². The summed E-state index contributed by atoms with van der Waals surface area (Å²) in [5, 5.41) is 0.905. The maximum absolute atomic E-state index is 11.6. The highest BCUT2D eigenvalue weighted by molar-refractivity contribution is 6.35. The van der Waals surface area contributed by atoms with E-state index >= 15 is 0 Å². The van der Waals surface area contributed by atoms with Gasteiger partial charge >= 0.3 is 12.1 Å². The Balaban J connectivity index is 1.57. The summed E-state index contributed by atoms with van der Waals surface area (Å²) in [4.78, 5) is 22.9. The molecule has 0 radical (unpaired) electrons. The molecule has 26 heavy (non-hydrogen) atoms. The maximum atomic E-state index is 11.6. The lowest BCUT2D eigenvalue weighted by Gasteiger charge is -2.09. The second-order valence-corrected chi connectivity index (χ2v) is 5.81. The minimum atomic E-state index is -0.954. The van der Waals surface area contributed by atoms with Gasteiger partial charge in [0.05, 0.1) is 11.6 Å². The van der Waals surface area contributed by atoms with Crippen LogP contribution in [0, 0.1) is 0 Å². The van der Waals surface area contributed by atoms with Crippen LogP contribution in [-0.2, 0) is 14.3 Å². The summed E-state index contributed by atoms with van der Waals surface area (Å²) in [6.07, 6.45) is -0.445. The molecular formula is C18H16Cl2O6. The molecule has 2 rings (SSSR count). The second-order valence-electron chi connectivity index (χ2n) is 4.97. The van der Waals surface area contributed by atoms with Crippen LogP contribution in [0.25, 0.3) is 0 Å². The van der Waals surface area contributed by atoms with Crippen molar-refractivity contribution >= 4 is 35.3 Å². The fourth-order valence-corrected chi connectivity index (χ4v) is 2.28. The summed E-state index contributed by atoms with van der Waals surface area (Å²) < 4.78 is 19.8. The van der Waals surface area contributed by atoms with Crippen molar-refractivity contribution in [2.75, 3.05) is 13.4 Å². The fourth-order valence-electron chi connectivity index (χ4n) is 1.82. The zero-order valence-corrected chi connectivity index (χ0v) is 15.2. The van der Waals surface area contributed by atoms with Crippen molar-refractivity contribution < 1.29 is 28.5 Å². The molecule has 2 aromatic rings.